The molecule has 0 bridgehead atoms. The fourth-order valence-electron chi connectivity index (χ4n) is 2.02. The van der Waals surface area contributed by atoms with Gasteiger partial charge in [-0.3, -0.25) is 9.59 Å². The Balaban J connectivity index is 2.56. The van der Waals surface area contributed by atoms with Crippen LogP contribution in [0.1, 0.15) is 19.4 Å². The highest BCUT2D eigenvalue weighted by Crippen LogP contribution is 2.34. The number of hydrogen-bond acceptors (Lipinski definition) is 2. The van der Waals surface area contributed by atoms with Gasteiger partial charge < -0.3 is 15.5 Å². The van der Waals surface area contributed by atoms with E-state index in [0.717, 1.165) is 6.07 Å². The molecule has 1 rings (SSSR count). The van der Waals surface area contributed by atoms with Crippen LogP contribution in [0.5, 0.6) is 0 Å². The van der Waals surface area contributed by atoms with Crippen LogP contribution in [-0.4, -0.2) is 38.5 Å². The van der Waals surface area contributed by atoms with Crippen LogP contribution in [0, 0.1) is 5.92 Å². The number of carbonyl (C=O) groups excluding carboxylic acids is 2. The zero-order chi connectivity index (χ0) is 18.3. The largest absolute Gasteiger partial charge is 0.418 e. The average Bonchev–Trinajstić information content (AvgIpc) is 2.44. The molecule has 1 aromatic rings. The van der Waals surface area contributed by atoms with Gasteiger partial charge in [0.2, 0.25) is 0 Å². The number of quaternary nitrogens is 1. The van der Waals surface area contributed by atoms with Crippen molar-refractivity contribution in [3.63, 3.8) is 0 Å². The number of halogens is 3. The van der Waals surface area contributed by atoms with Crippen molar-refractivity contribution in [2.45, 2.75) is 20.0 Å². The van der Waals surface area contributed by atoms with E-state index in [9.17, 15) is 22.8 Å². The highest BCUT2D eigenvalue weighted by atomic mass is 19.4. The summed E-state index contributed by atoms with van der Waals surface area (Å²) in [5, 5.41) is 4.98. The molecule has 0 fully saturated rings. The normalized spacial score (nSPS) is 12.8. The number of likely N-dealkylation sites (N-methyl/N-ethyl adjacent to an activating group) is 1. The maximum atomic E-state index is 12.9. The third kappa shape index (κ3) is 6.99. The summed E-state index contributed by atoms with van der Waals surface area (Å²) in [6.45, 7) is 4.42. The molecule has 0 saturated carbocycles. The van der Waals surface area contributed by atoms with Crippen molar-refractivity contribution in [1.29, 1.82) is 0 Å². The van der Waals surface area contributed by atoms with E-state index >= 15 is 0 Å². The smallest absolute Gasteiger partial charge is 0.351 e. The SMILES string of the molecule is CC(C)CNC(=O)C[NH+](C)CC(=O)Nc1ccccc1C(F)(F)F. The second-order valence-corrected chi connectivity index (χ2v) is 6.10. The van der Waals surface area contributed by atoms with E-state index < -0.39 is 17.6 Å². The lowest BCUT2D eigenvalue weighted by Gasteiger charge is -2.16. The van der Waals surface area contributed by atoms with Crippen LogP contribution in [0.25, 0.3) is 0 Å². The van der Waals surface area contributed by atoms with Crippen LogP contribution in [0.2, 0.25) is 0 Å². The van der Waals surface area contributed by atoms with E-state index in [-0.39, 0.29) is 24.7 Å². The maximum Gasteiger partial charge on any atom is 0.418 e. The van der Waals surface area contributed by atoms with Crippen LogP contribution in [-0.2, 0) is 15.8 Å². The van der Waals surface area contributed by atoms with E-state index in [1.165, 1.54) is 18.2 Å². The van der Waals surface area contributed by atoms with Gasteiger partial charge in [0.1, 0.15) is 0 Å². The number of para-hydroxylation sites is 1. The number of rotatable bonds is 7. The van der Waals surface area contributed by atoms with Crippen LogP contribution in [0.4, 0.5) is 18.9 Å². The number of alkyl halides is 3. The molecule has 0 aliphatic rings. The van der Waals surface area contributed by atoms with Crippen LogP contribution in [0.3, 0.4) is 0 Å². The molecule has 1 atom stereocenters. The minimum atomic E-state index is -4.54. The second-order valence-electron chi connectivity index (χ2n) is 6.10. The number of amides is 2. The fraction of sp³-hybridized carbons (Fsp3) is 0.500. The summed E-state index contributed by atoms with van der Waals surface area (Å²) in [5.74, 6) is -0.470. The molecule has 24 heavy (non-hydrogen) atoms. The van der Waals surface area contributed by atoms with Crippen LogP contribution < -0.4 is 15.5 Å². The average molecular weight is 346 g/mol. The lowest BCUT2D eigenvalue weighted by molar-refractivity contribution is -0.862. The van der Waals surface area contributed by atoms with Gasteiger partial charge in [-0.05, 0) is 18.1 Å². The van der Waals surface area contributed by atoms with Crippen molar-refractivity contribution in [2.24, 2.45) is 5.92 Å². The molecule has 5 nitrogen and oxygen atoms in total. The molecule has 0 saturated heterocycles. The van der Waals surface area contributed by atoms with E-state index in [4.69, 9.17) is 0 Å². The minimum absolute atomic E-state index is 0.0705. The van der Waals surface area contributed by atoms with Gasteiger partial charge in [0.15, 0.2) is 13.1 Å². The van der Waals surface area contributed by atoms with Gasteiger partial charge >= 0.3 is 6.18 Å². The lowest BCUT2D eigenvalue weighted by atomic mass is 10.1. The quantitative estimate of drug-likeness (QED) is 0.688. The molecule has 134 valence electrons. The van der Waals surface area contributed by atoms with E-state index in [0.29, 0.717) is 17.4 Å². The third-order valence-corrected chi connectivity index (χ3v) is 3.14. The second kappa shape index (κ2) is 8.68. The van der Waals surface area contributed by atoms with Crippen molar-refractivity contribution < 1.29 is 27.7 Å². The molecule has 8 heteroatoms. The Morgan fingerprint density at radius 1 is 1.12 bits per heavy atom. The summed E-state index contributed by atoms with van der Waals surface area (Å²) in [5.41, 5.74) is -1.18. The van der Waals surface area contributed by atoms with Gasteiger partial charge in [-0.1, -0.05) is 26.0 Å². The molecule has 0 aliphatic carbocycles. The Morgan fingerprint density at radius 3 is 2.29 bits per heavy atom. The zero-order valence-corrected chi connectivity index (χ0v) is 14.0. The van der Waals surface area contributed by atoms with Crippen LogP contribution >= 0.6 is 0 Å². The maximum absolute atomic E-state index is 12.9. The molecular weight excluding hydrogens is 323 g/mol. The van der Waals surface area contributed by atoms with E-state index in [2.05, 4.69) is 10.6 Å². The molecule has 0 radical (unpaired) electrons. The Labute approximate surface area is 139 Å². The molecule has 0 aromatic heterocycles. The van der Waals surface area contributed by atoms with Crippen molar-refractivity contribution >= 4 is 17.5 Å². The van der Waals surface area contributed by atoms with Gasteiger partial charge in [-0.25, -0.2) is 0 Å². The third-order valence-electron chi connectivity index (χ3n) is 3.14. The predicted molar refractivity (Wildman–Crippen MR) is 84.5 cm³/mol. The number of nitrogens with one attached hydrogen (secondary N) is 3. The first-order valence-corrected chi connectivity index (χ1v) is 7.63. The highest BCUT2D eigenvalue weighted by molar-refractivity contribution is 5.92. The summed E-state index contributed by atoms with van der Waals surface area (Å²) >= 11 is 0. The zero-order valence-electron chi connectivity index (χ0n) is 14.0. The fourth-order valence-corrected chi connectivity index (χ4v) is 2.02. The number of benzene rings is 1. The van der Waals surface area contributed by atoms with Gasteiger partial charge in [0, 0.05) is 6.54 Å². The summed E-state index contributed by atoms with van der Waals surface area (Å²) in [4.78, 5) is 24.2. The molecule has 1 unspecified atom stereocenters. The molecule has 0 spiro atoms. The molecule has 2 amide bonds. The van der Waals surface area contributed by atoms with Crippen molar-refractivity contribution in [3.8, 4) is 0 Å². The summed E-state index contributed by atoms with van der Waals surface area (Å²) in [6, 6.07) is 4.78. The molecule has 0 heterocycles. The summed E-state index contributed by atoms with van der Waals surface area (Å²) in [7, 11) is 1.63. The van der Waals surface area contributed by atoms with Crippen molar-refractivity contribution in [3.05, 3.63) is 29.8 Å². The van der Waals surface area contributed by atoms with Gasteiger partial charge in [-0.2, -0.15) is 13.2 Å². The van der Waals surface area contributed by atoms with E-state index in [1.807, 2.05) is 13.8 Å². The lowest BCUT2D eigenvalue weighted by Crippen LogP contribution is -3.11. The first-order valence-electron chi connectivity index (χ1n) is 7.63. The molecule has 3 N–H and O–H groups in total. The predicted octanol–water partition coefficient (Wildman–Crippen LogP) is 0.931. The Hall–Kier alpha value is -2.09. The monoisotopic (exact) mass is 346 g/mol. The summed E-state index contributed by atoms with van der Waals surface area (Å²) < 4.78 is 38.6. The Bertz CT molecular complexity index is 574. The first-order chi connectivity index (χ1) is 11.1. The molecule has 1 aromatic carbocycles. The van der Waals surface area contributed by atoms with Gasteiger partial charge in [0.05, 0.1) is 18.3 Å². The van der Waals surface area contributed by atoms with Gasteiger partial charge in [-0.15, -0.1) is 0 Å². The number of hydrogen-bond donors (Lipinski definition) is 3. The number of carbonyl (C=O) groups is 2. The summed E-state index contributed by atoms with van der Waals surface area (Å²) in [6.07, 6.45) is -4.54. The number of anilines is 1. The molecular formula is C16H23F3N3O2+. The first kappa shape index (κ1) is 20.0. The minimum Gasteiger partial charge on any atom is -0.351 e. The van der Waals surface area contributed by atoms with Gasteiger partial charge in [0.25, 0.3) is 11.8 Å². The highest BCUT2D eigenvalue weighted by Gasteiger charge is 2.33. The van der Waals surface area contributed by atoms with E-state index in [1.54, 1.807) is 7.05 Å². The Morgan fingerprint density at radius 2 is 1.71 bits per heavy atom. The molecule has 0 aliphatic heterocycles. The van der Waals surface area contributed by atoms with Crippen molar-refractivity contribution in [2.75, 3.05) is 32.0 Å². The van der Waals surface area contributed by atoms with Crippen LogP contribution in [0.15, 0.2) is 24.3 Å². The standard InChI is InChI=1S/C16H22F3N3O2/c1-11(2)8-20-14(23)9-22(3)10-15(24)21-13-7-5-4-6-12(13)16(17,18)19/h4-7,11H,8-10H2,1-3H3,(H,20,23)(H,21,24)/p+1. The topological polar surface area (TPSA) is 62.6 Å². The van der Waals surface area contributed by atoms with Crippen molar-refractivity contribution in [1.82, 2.24) is 5.32 Å². The Kier molecular flexibility index (Phi) is 7.21.